The molecule has 5 heteroatoms. The van der Waals surface area contributed by atoms with Gasteiger partial charge in [0.1, 0.15) is 5.78 Å². The molecule has 5 nitrogen and oxygen atoms in total. The Kier molecular flexibility index (Phi) is 3.22. The zero-order valence-corrected chi connectivity index (χ0v) is 8.94. The second kappa shape index (κ2) is 4.21. The van der Waals surface area contributed by atoms with Gasteiger partial charge in [0.25, 0.3) is 5.95 Å². The molecule has 1 rings (SSSR count). The molecule has 0 spiro atoms. The van der Waals surface area contributed by atoms with Gasteiger partial charge in [0.15, 0.2) is 0 Å². The summed E-state index contributed by atoms with van der Waals surface area (Å²) in [4.78, 5) is 17.0. The van der Waals surface area contributed by atoms with Crippen molar-refractivity contribution in [3.05, 3.63) is 5.89 Å². The minimum Gasteiger partial charge on any atom is -0.342 e. The molecule has 0 aromatic carbocycles. The number of nitrogens with zero attached hydrogens (tertiary/aromatic N) is 3. The molecular weight excluding hydrogens is 182 g/mol. The highest BCUT2D eigenvalue weighted by atomic mass is 16.5. The van der Waals surface area contributed by atoms with Crippen LogP contribution in [0.2, 0.25) is 0 Å². The SMILES string of the molecule is CCN(C)c1noc(C(C)C(C)=O)n1. The summed E-state index contributed by atoms with van der Waals surface area (Å²) in [5.41, 5.74) is 0. The Morgan fingerprint density at radius 2 is 2.29 bits per heavy atom. The van der Waals surface area contributed by atoms with Gasteiger partial charge in [-0.1, -0.05) is 0 Å². The summed E-state index contributed by atoms with van der Waals surface area (Å²) in [5.74, 6) is 0.615. The number of anilines is 1. The predicted octanol–water partition coefficient (Wildman–Crippen LogP) is 1.22. The first kappa shape index (κ1) is 10.7. The fourth-order valence-corrected chi connectivity index (χ4v) is 0.873. The molecule has 1 unspecified atom stereocenters. The van der Waals surface area contributed by atoms with E-state index < -0.39 is 0 Å². The molecule has 0 aliphatic rings. The Labute approximate surface area is 83.1 Å². The molecular formula is C9H15N3O2. The minimum absolute atomic E-state index is 0.0272. The average molecular weight is 197 g/mol. The molecule has 1 aromatic rings. The highest BCUT2D eigenvalue weighted by Crippen LogP contribution is 2.16. The molecule has 0 saturated carbocycles. The third-order valence-electron chi connectivity index (χ3n) is 2.23. The fraction of sp³-hybridized carbons (Fsp3) is 0.667. The first-order valence-corrected chi connectivity index (χ1v) is 4.61. The quantitative estimate of drug-likeness (QED) is 0.726. The summed E-state index contributed by atoms with van der Waals surface area (Å²) in [5, 5.41) is 3.78. The predicted molar refractivity (Wildman–Crippen MR) is 52.3 cm³/mol. The van der Waals surface area contributed by atoms with Crippen LogP contribution in [0.25, 0.3) is 0 Å². The van der Waals surface area contributed by atoms with Crippen molar-refractivity contribution in [2.24, 2.45) is 0 Å². The van der Waals surface area contributed by atoms with Gasteiger partial charge >= 0.3 is 0 Å². The lowest BCUT2D eigenvalue weighted by atomic mass is 10.1. The maximum atomic E-state index is 11.1. The van der Waals surface area contributed by atoms with Gasteiger partial charge in [0.2, 0.25) is 5.89 Å². The smallest absolute Gasteiger partial charge is 0.265 e. The van der Waals surface area contributed by atoms with Crippen LogP contribution in [-0.2, 0) is 4.79 Å². The van der Waals surface area contributed by atoms with Gasteiger partial charge in [-0.2, -0.15) is 4.98 Å². The topological polar surface area (TPSA) is 59.2 Å². The summed E-state index contributed by atoms with van der Waals surface area (Å²) in [7, 11) is 1.87. The lowest BCUT2D eigenvalue weighted by Crippen LogP contribution is -2.17. The van der Waals surface area contributed by atoms with Gasteiger partial charge < -0.3 is 9.42 Å². The molecule has 14 heavy (non-hydrogen) atoms. The Hall–Kier alpha value is -1.39. The van der Waals surface area contributed by atoms with Gasteiger partial charge in [-0.05, 0) is 25.9 Å². The molecule has 0 aliphatic heterocycles. The van der Waals surface area contributed by atoms with E-state index >= 15 is 0 Å². The first-order valence-electron chi connectivity index (χ1n) is 4.61. The number of ketones is 1. The van der Waals surface area contributed by atoms with Gasteiger partial charge in [-0.3, -0.25) is 4.79 Å². The lowest BCUT2D eigenvalue weighted by molar-refractivity contribution is -0.118. The normalized spacial score (nSPS) is 12.6. The third kappa shape index (κ3) is 2.10. The molecule has 0 fully saturated rings. The first-order chi connectivity index (χ1) is 6.56. The van der Waals surface area contributed by atoms with Crippen LogP contribution >= 0.6 is 0 Å². The molecule has 0 amide bonds. The molecule has 1 heterocycles. The number of hydrogen-bond donors (Lipinski definition) is 0. The van der Waals surface area contributed by atoms with Crippen molar-refractivity contribution < 1.29 is 9.32 Å². The standard InChI is InChI=1S/C9H15N3O2/c1-5-12(4)9-10-8(14-11-9)6(2)7(3)13/h6H,5H2,1-4H3. The molecule has 0 aliphatic carbocycles. The van der Waals surface area contributed by atoms with E-state index in [0.717, 1.165) is 6.54 Å². The maximum absolute atomic E-state index is 11.1. The van der Waals surface area contributed by atoms with Crippen molar-refractivity contribution in [2.45, 2.75) is 26.7 Å². The van der Waals surface area contributed by atoms with Crippen LogP contribution in [0.4, 0.5) is 5.95 Å². The highest BCUT2D eigenvalue weighted by molar-refractivity contribution is 5.81. The van der Waals surface area contributed by atoms with E-state index in [1.54, 1.807) is 6.92 Å². The van der Waals surface area contributed by atoms with Crippen LogP contribution in [0.1, 0.15) is 32.6 Å². The fourth-order valence-electron chi connectivity index (χ4n) is 0.873. The second-order valence-electron chi connectivity index (χ2n) is 3.28. The summed E-state index contributed by atoms with van der Waals surface area (Å²) < 4.78 is 4.99. The molecule has 1 atom stereocenters. The summed E-state index contributed by atoms with van der Waals surface area (Å²) in [6.45, 7) is 6.06. The van der Waals surface area contributed by atoms with Gasteiger partial charge in [0.05, 0.1) is 5.92 Å². The monoisotopic (exact) mass is 197 g/mol. The summed E-state index contributed by atoms with van der Waals surface area (Å²) in [6, 6.07) is 0. The van der Waals surface area contributed by atoms with Crippen LogP contribution in [0.5, 0.6) is 0 Å². The number of rotatable bonds is 4. The largest absolute Gasteiger partial charge is 0.342 e. The average Bonchev–Trinajstić information content (AvgIpc) is 2.64. The van der Waals surface area contributed by atoms with Gasteiger partial charge in [-0.15, -0.1) is 0 Å². The van der Waals surface area contributed by atoms with Crippen molar-refractivity contribution in [3.63, 3.8) is 0 Å². The Morgan fingerprint density at radius 1 is 1.64 bits per heavy atom. The number of aromatic nitrogens is 2. The van der Waals surface area contributed by atoms with E-state index in [0.29, 0.717) is 11.8 Å². The maximum Gasteiger partial charge on any atom is 0.265 e. The molecule has 0 radical (unpaired) electrons. The molecule has 0 N–H and O–H groups in total. The van der Waals surface area contributed by atoms with Crippen molar-refractivity contribution >= 4 is 11.7 Å². The Morgan fingerprint density at radius 3 is 2.79 bits per heavy atom. The minimum atomic E-state index is -0.318. The van der Waals surface area contributed by atoms with Crippen LogP contribution in [0, 0.1) is 0 Å². The zero-order valence-electron chi connectivity index (χ0n) is 8.94. The number of Topliss-reactive ketones (excluding diaryl/α,β-unsaturated/α-hetero) is 1. The molecule has 0 bridgehead atoms. The third-order valence-corrected chi connectivity index (χ3v) is 2.23. The highest BCUT2D eigenvalue weighted by Gasteiger charge is 2.19. The van der Waals surface area contributed by atoms with E-state index in [2.05, 4.69) is 10.1 Å². The van der Waals surface area contributed by atoms with Crippen LogP contribution in [0.3, 0.4) is 0 Å². The van der Waals surface area contributed by atoms with Crippen molar-refractivity contribution in [2.75, 3.05) is 18.5 Å². The molecule has 1 aromatic heterocycles. The van der Waals surface area contributed by atoms with E-state index in [1.807, 2.05) is 18.9 Å². The van der Waals surface area contributed by atoms with Crippen molar-refractivity contribution in [1.29, 1.82) is 0 Å². The Bertz CT molecular complexity index is 322. The van der Waals surface area contributed by atoms with Crippen LogP contribution < -0.4 is 4.90 Å². The van der Waals surface area contributed by atoms with E-state index in [9.17, 15) is 4.79 Å². The lowest BCUT2D eigenvalue weighted by Gasteiger charge is -2.08. The van der Waals surface area contributed by atoms with E-state index in [4.69, 9.17) is 4.52 Å². The number of hydrogen-bond acceptors (Lipinski definition) is 5. The van der Waals surface area contributed by atoms with Gasteiger partial charge in [-0.25, -0.2) is 0 Å². The number of carbonyl (C=O) groups excluding carboxylic acids is 1. The van der Waals surface area contributed by atoms with E-state index in [1.165, 1.54) is 6.92 Å². The molecule has 78 valence electrons. The van der Waals surface area contributed by atoms with Crippen molar-refractivity contribution in [3.8, 4) is 0 Å². The van der Waals surface area contributed by atoms with Crippen molar-refractivity contribution in [1.82, 2.24) is 10.1 Å². The van der Waals surface area contributed by atoms with Crippen LogP contribution in [0.15, 0.2) is 4.52 Å². The second-order valence-corrected chi connectivity index (χ2v) is 3.28. The number of carbonyl (C=O) groups is 1. The van der Waals surface area contributed by atoms with E-state index in [-0.39, 0.29) is 11.7 Å². The Balaban J connectivity index is 2.82. The zero-order chi connectivity index (χ0) is 10.7. The summed E-state index contributed by atoms with van der Waals surface area (Å²) >= 11 is 0. The molecule has 0 saturated heterocycles. The van der Waals surface area contributed by atoms with Crippen LogP contribution in [-0.4, -0.2) is 29.5 Å². The summed E-state index contributed by atoms with van der Waals surface area (Å²) in [6.07, 6.45) is 0. The van der Waals surface area contributed by atoms with Gasteiger partial charge in [0, 0.05) is 13.6 Å².